The Balaban J connectivity index is 0.000000348. The van der Waals surface area contributed by atoms with Crippen LogP contribution in [0.15, 0.2) is 109 Å². The summed E-state index contributed by atoms with van der Waals surface area (Å²) in [5.74, 6) is 0.872. The summed E-state index contributed by atoms with van der Waals surface area (Å²) in [6.07, 6.45) is 4.32. The number of aromatic nitrogens is 2. The van der Waals surface area contributed by atoms with Gasteiger partial charge in [0.2, 0.25) is 5.95 Å². The van der Waals surface area contributed by atoms with Crippen LogP contribution in [0.1, 0.15) is 38.5 Å². The van der Waals surface area contributed by atoms with Crippen molar-refractivity contribution in [2.45, 2.75) is 18.8 Å². The molecule has 1 aliphatic rings. The molecule has 0 saturated carbocycles. The van der Waals surface area contributed by atoms with Crippen LogP contribution >= 0.6 is 0 Å². The molecule has 200 valence electrons. The van der Waals surface area contributed by atoms with E-state index in [9.17, 15) is 4.79 Å². The Morgan fingerprint density at radius 2 is 1.57 bits per heavy atom. The van der Waals surface area contributed by atoms with Crippen molar-refractivity contribution in [1.29, 1.82) is 0 Å². The minimum absolute atomic E-state index is 0.154. The van der Waals surface area contributed by atoms with Crippen LogP contribution in [0.4, 0.5) is 17.3 Å². The van der Waals surface area contributed by atoms with E-state index in [0.29, 0.717) is 12.4 Å². The first-order valence-electron chi connectivity index (χ1n) is 13.4. The van der Waals surface area contributed by atoms with Crippen molar-refractivity contribution in [3.8, 4) is 11.3 Å². The molecule has 0 fully saturated rings. The lowest BCUT2D eigenvalue weighted by molar-refractivity contribution is 0.112. The molecule has 1 aliphatic carbocycles. The Bertz CT molecular complexity index is 1550. The number of carbonyl (C=O) groups is 1. The maximum absolute atomic E-state index is 10.0. The number of aldehydes is 1. The third-order valence-electron chi connectivity index (χ3n) is 7.03. The summed E-state index contributed by atoms with van der Waals surface area (Å²) in [5.41, 5.74) is 9.80. The second-order valence-corrected chi connectivity index (χ2v) is 9.61. The molecule has 0 bridgehead atoms. The molecule has 0 saturated heterocycles. The molecule has 0 spiro atoms. The molecule has 0 radical (unpaired) electrons. The number of rotatable bonds is 7. The second-order valence-electron chi connectivity index (χ2n) is 9.61. The number of fused-ring (bicyclic) bond motifs is 3. The molecule has 1 heterocycles. The van der Waals surface area contributed by atoms with Gasteiger partial charge in [-0.25, -0.2) is 9.97 Å². The number of anilines is 3. The normalized spacial score (nSPS) is 13.2. The number of nitrogens with one attached hydrogen (secondary N) is 2. The molecule has 5 aromatic rings. The predicted octanol–water partition coefficient (Wildman–Crippen LogP) is 6.65. The van der Waals surface area contributed by atoms with Gasteiger partial charge < -0.3 is 15.7 Å². The van der Waals surface area contributed by atoms with E-state index in [4.69, 9.17) is 10.1 Å². The zero-order chi connectivity index (χ0) is 27.7. The number of hydrogen-bond donors (Lipinski definition) is 3. The largest absolute Gasteiger partial charge is 0.396 e. The van der Waals surface area contributed by atoms with Gasteiger partial charge in [-0.15, -0.1) is 0 Å². The predicted molar refractivity (Wildman–Crippen MR) is 161 cm³/mol. The van der Waals surface area contributed by atoms with E-state index in [2.05, 4.69) is 64.1 Å². The molecule has 3 N–H and O–H groups in total. The molecular weight excluding hydrogens is 496 g/mol. The summed E-state index contributed by atoms with van der Waals surface area (Å²) in [6.45, 7) is 0.154. The van der Waals surface area contributed by atoms with Crippen molar-refractivity contribution in [2.75, 3.05) is 24.3 Å². The Morgan fingerprint density at radius 1 is 0.875 bits per heavy atom. The van der Waals surface area contributed by atoms with Crippen molar-refractivity contribution in [2.24, 2.45) is 0 Å². The first-order valence-corrected chi connectivity index (χ1v) is 13.4. The van der Waals surface area contributed by atoms with E-state index >= 15 is 0 Å². The van der Waals surface area contributed by atoms with Crippen LogP contribution in [0.2, 0.25) is 0 Å². The first kappa shape index (κ1) is 26.8. The van der Waals surface area contributed by atoms with Crippen molar-refractivity contribution in [1.82, 2.24) is 9.97 Å². The van der Waals surface area contributed by atoms with Gasteiger partial charge in [0.25, 0.3) is 0 Å². The van der Waals surface area contributed by atoms with Gasteiger partial charge in [0.1, 0.15) is 6.29 Å². The smallest absolute Gasteiger partial charge is 0.227 e. The average Bonchev–Trinajstić information content (AvgIpc) is 3.02. The molecule has 1 unspecified atom stereocenters. The highest BCUT2D eigenvalue weighted by Gasteiger charge is 2.27. The maximum Gasteiger partial charge on any atom is 0.227 e. The molecule has 0 aliphatic heterocycles. The van der Waals surface area contributed by atoms with Crippen molar-refractivity contribution in [3.05, 3.63) is 137 Å². The lowest BCUT2D eigenvalue weighted by Crippen LogP contribution is -2.15. The lowest BCUT2D eigenvalue weighted by atomic mass is 9.78. The summed E-state index contributed by atoms with van der Waals surface area (Å²) in [5, 5.41) is 15.6. The topological polar surface area (TPSA) is 87.1 Å². The average molecular weight is 529 g/mol. The molecule has 1 aromatic heterocycles. The monoisotopic (exact) mass is 528 g/mol. The Kier molecular flexibility index (Phi) is 8.59. The third-order valence-corrected chi connectivity index (χ3v) is 7.03. The molecule has 6 heteroatoms. The fourth-order valence-electron chi connectivity index (χ4n) is 4.92. The second kappa shape index (κ2) is 12.8. The van der Waals surface area contributed by atoms with Gasteiger partial charge in [-0.05, 0) is 59.4 Å². The maximum atomic E-state index is 10.0. The standard InChI is InChI=1S/C27H26N4O.C7H6O/c1-28-21-12-8-19(9-13-21)25-16-20-17-29-27(30-22-10-6-18(7-11-22)14-15-32)31-26(20)24-5-3-2-4-23(24)25;8-6-7-4-2-1-3-5-7/h2-13,17,25,28,32H,14-16H2,1H3,(H,29,30,31);1-6H. The molecule has 0 amide bonds. The van der Waals surface area contributed by atoms with Gasteiger partial charge in [-0.3, -0.25) is 4.79 Å². The minimum atomic E-state index is 0.154. The van der Waals surface area contributed by atoms with Crippen LogP contribution in [0.5, 0.6) is 0 Å². The van der Waals surface area contributed by atoms with E-state index in [1.54, 1.807) is 12.1 Å². The van der Waals surface area contributed by atoms with Crippen LogP contribution in [-0.2, 0) is 12.8 Å². The van der Waals surface area contributed by atoms with Crippen molar-refractivity contribution in [3.63, 3.8) is 0 Å². The third kappa shape index (κ3) is 6.25. The fraction of sp³-hybridized carbons (Fsp3) is 0.147. The number of aliphatic hydroxyl groups excluding tert-OH is 1. The first-order chi connectivity index (χ1) is 19.7. The summed E-state index contributed by atoms with van der Waals surface area (Å²) >= 11 is 0. The van der Waals surface area contributed by atoms with Crippen LogP contribution in [0.3, 0.4) is 0 Å². The van der Waals surface area contributed by atoms with E-state index in [1.165, 1.54) is 16.7 Å². The van der Waals surface area contributed by atoms with Gasteiger partial charge in [-0.1, -0.05) is 78.9 Å². The van der Waals surface area contributed by atoms with Crippen LogP contribution < -0.4 is 10.6 Å². The number of nitrogens with zero attached hydrogens (tertiary/aromatic N) is 2. The summed E-state index contributed by atoms with van der Waals surface area (Å²) < 4.78 is 0. The number of hydrogen-bond acceptors (Lipinski definition) is 6. The lowest BCUT2D eigenvalue weighted by Gasteiger charge is -2.27. The van der Waals surface area contributed by atoms with E-state index in [0.717, 1.165) is 46.5 Å². The van der Waals surface area contributed by atoms with E-state index in [-0.39, 0.29) is 12.5 Å². The van der Waals surface area contributed by atoms with Gasteiger partial charge >= 0.3 is 0 Å². The zero-order valence-electron chi connectivity index (χ0n) is 22.4. The summed E-state index contributed by atoms with van der Waals surface area (Å²) in [4.78, 5) is 19.5. The Hall–Kier alpha value is -4.81. The van der Waals surface area contributed by atoms with Crippen molar-refractivity contribution < 1.29 is 9.90 Å². The summed E-state index contributed by atoms with van der Waals surface area (Å²) in [6, 6.07) is 34.3. The molecule has 6 rings (SSSR count). The molecular formula is C34H32N4O2. The SMILES string of the molecule is CNc1ccc(C2Cc3cnc(Nc4ccc(CCO)cc4)nc3-c3ccccc32)cc1.O=Cc1ccccc1. The van der Waals surface area contributed by atoms with E-state index < -0.39 is 0 Å². The molecule has 6 nitrogen and oxygen atoms in total. The van der Waals surface area contributed by atoms with Crippen LogP contribution in [-0.4, -0.2) is 35.0 Å². The molecule has 4 aromatic carbocycles. The zero-order valence-corrected chi connectivity index (χ0v) is 22.4. The highest BCUT2D eigenvalue weighted by atomic mass is 16.3. The minimum Gasteiger partial charge on any atom is -0.396 e. The number of aliphatic hydroxyl groups is 1. The molecule has 1 atom stereocenters. The number of carbonyl (C=O) groups excluding carboxylic acids is 1. The highest BCUT2D eigenvalue weighted by molar-refractivity contribution is 5.74. The Morgan fingerprint density at radius 3 is 2.25 bits per heavy atom. The van der Waals surface area contributed by atoms with Gasteiger partial charge in [0.15, 0.2) is 0 Å². The number of benzene rings is 4. The van der Waals surface area contributed by atoms with E-state index in [1.807, 2.05) is 55.7 Å². The fourth-order valence-corrected chi connectivity index (χ4v) is 4.92. The highest BCUT2D eigenvalue weighted by Crippen LogP contribution is 2.42. The van der Waals surface area contributed by atoms with Crippen molar-refractivity contribution >= 4 is 23.6 Å². The van der Waals surface area contributed by atoms with Crippen LogP contribution in [0.25, 0.3) is 11.3 Å². The quantitative estimate of drug-likeness (QED) is 0.205. The van der Waals surface area contributed by atoms with Crippen LogP contribution in [0, 0.1) is 0 Å². The molecule has 40 heavy (non-hydrogen) atoms. The van der Waals surface area contributed by atoms with Gasteiger partial charge in [-0.2, -0.15) is 0 Å². The van der Waals surface area contributed by atoms with Gasteiger partial charge in [0, 0.05) is 48.3 Å². The van der Waals surface area contributed by atoms with Gasteiger partial charge in [0.05, 0.1) is 5.69 Å². The summed E-state index contributed by atoms with van der Waals surface area (Å²) in [7, 11) is 1.94. The Labute approximate surface area is 234 Å².